The number of carboxylic acids is 1. The van der Waals surface area contributed by atoms with Crippen LogP contribution in [-0.2, 0) is 24.2 Å². The van der Waals surface area contributed by atoms with Crippen molar-refractivity contribution in [2.45, 2.75) is 25.3 Å². The van der Waals surface area contributed by atoms with E-state index in [0.29, 0.717) is 17.0 Å². The molecule has 10 heteroatoms. The van der Waals surface area contributed by atoms with Crippen LogP contribution >= 0.6 is 0 Å². The molecule has 26 heavy (non-hydrogen) atoms. The molecule has 1 saturated heterocycles. The van der Waals surface area contributed by atoms with Gasteiger partial charge in [-0.2, -0.15) is 0 Å². The molecule has 0 bridgehead atoms. The largest absolute Gasteiger partial charge is 1.00 e. The van der Waals surface area contributed by atoms with E-state index in [1.54, 1.807) is 24.3 Å². The molecular formula is C16H15N2NaO6S. The predicted molar refractivity (Wildman–Crippen MR) is 85.6 cm³/mol. The van der Waals surface area contributed by atoms with Crippen LogP contribution in [0, 0.1) is 6.92 Å². The number of carbonyl (C=O) groups is 3. The summed E-state index contributed by atoms with van der Waals surface area (Å²) in [6.07, 6.45) is 0.379. The third-order valence-corrected chi connectivity index (χ3v) is 6.42. The maximum absolute atomic E-state index is 12.5. The van der Waals surface area contributed by atoms with Gasteiger partial charge < -0.3 is 9.90 Å². The van der Waals surface area contributed by atoms with Crippen molar-refractivity contribution in [2.24, 2.45) is 0 Å². The Morgan fingerprint density at radius 1 is 1.27 bits per heavy atom. The van der Waals surface area contributed by atoms with E-state index in [2.05, 4.69) is 0 Å². The van der Waals surface area contributed by atoms with Crippen molar-refractivity contribution in [1.29, 1.82) is 0 Å². The first-order valence-electron chi connectivity index (χ1n) is 7.45. The van der Waals surface area contributed by atoms with E-state index in [9.17, 15) is 27.9 Å². The van der Waals surface area contributed by atoms with Crippen molar-refractivity contribution in [2.75, 3.05) is 10.7 Å². The zero-order chi connectivity index (χ0) is 18.5. The Morgan fingerprint density at radius 2 is 1.85 bits per heavy atom. The number of anilines is 1. The first-order valence-corrected chi connectivity index (χ1v) is 9.16. The number of amides is 2. The van der Waals surface area contributed by atoms with Gasteiger partial charge in [-0.15, -0.1) is 0 Å². The van der Waals surface area contributed by atoms with Gasteiger partial charge in [-0.3, -0.25) is 19.4 Å². The summed E-state index contributed by atoms with van der Waals surface area (Å²) in [6, 6.07) is 5.33. The molecule has 2 aliphatic heterocycles. The standard InChI is InChI=1S/C16H16N2O6S.Na/c1-9-3-5-11(6-4-9)17(8-19)13-14(20)18-12(16(21)22)10(2)7-25(23,24)15(13)18;/h3-6,8,13,15H,7H2,1-2H3,(H,21,22);/q;+1/p-1/t13?,15-;/m1./s1. The van der Waals surface area contributed by atoms with Crippen LogP contribution in [0.3, 0.4) is 0 Å². The molecular weight excluding hydrogens is 371 g/mol. The molecule has 0 radical (unpaired) electrons. The molecule has 1 fully saturated rings. The number of carboxylic acid groups (broad SMARTS) is 1. The minimum atomic E-state index is -3.84. The second kappa shape index (κ2) is 7.15. The second-order valence-corrected chi connectivity index (χ2v) is 8.21. The van der Waals surface area contributed by atoms with Gasteiger partial charge in [-0.25, -0.2) is 8.42 Å². The number of hydrogen-bond donors (Lipinski definition) is 0. The molecule has 2 amide bonds. The van der Waals surface area contributed by atoms with E-state index < -0.39 is 44.6 Å². The first kappa shape index (κ1) is 20.6. The van der Waals surface area contributed by atoms with E-state index in [1.807, 2.05) is 6.92 Å². The molecule has 3 rings (SSSR count). The minimum Gasteiger partial charge on any atom is -0.543 e. The average molecular weight is 386 g/mol. The molecule has 0 aromatic heterocycles. The molecule has 0 spiro atoms. The summed E-state index contributed by atoms with van der Waals surface area (Å²) < 4.78 is 25.0. The summed E-state index contributed by atoms with van der Waals surface area (Å²) >= 11 is 0. The van der Waals surface area contributed by atoms with Crippen LogP contribution in [0.1, 0.15) is 12.5 Å². The Morgan fingerprint density at radius 3 is 2.35 bits per heavy atom. The molecule has 1 unspecified atom stereocenters. The monoisotopic (exact) mass is 386 g/mol. The SMILES string of the molecule is CC1=C(C(=O)[O-])N2C(=O)C(N(C=O)c3ccc(C)cc3)[C@H]2S(=O)(=O)C1.[Na+]. The summed E-state index contributed by atoms with van der Waals surface area (Å²) in [7, 11) is -3.84. The zero-order valence-corrected chi connectivity index (χ0v) is 17.3. The third-order valence-electron chi connectivity index (χ3n) is 4.38. The third kappa shape index (κ3) is 3.09. The Balaban J connectivity index is 0.00000243. The molecule has 2 heterocycles. The van der Waals surface area contributed by atoms with Crippen LogP contribution < -0.4 is 39.6 Å². The van der Waals surface area contributed by atoms with Crippen LogP contribution in [0.4, 0.5) is 5.69 Å². The van der Waals surface area contributed by atoms with E-state index >= 15 is 0 Å². The van der Waals surface area contributed by atoms with Crippen LogP contribution in [0.25, 0.3) is 0 Å². The minimum absolute atomic E-state index is 0. The number of aliphatic carboxylic acids is 1. The van der Waals surface area contributed by atoms with Crippen molar-refractivity contribution in [3.8, 4) is 0 Å². The maximum Gasteiger partial charge on any atom is 1.00 e. The van der Waals surface area contributed by atoms with Gasteiger partial charge in [0.2, 0.25) is 6.41 Å². The van der Waals surface area contributed by atoms with Gasteiger partial charge in [0, 0.05) is 5.69 Å². The fraction of sp³-hybridized carbons (Fsp3) is 0.312. The zero-order valence-electron chi connectivity index (χ0n) is 14.5. The van der Waals surface area contributed by atoms with E-state index in [0.717, 1.165) is 10.5 Å². The Labute approximate surface area is 172 Å². The quantitative estimate of drug-likeness (QED) is 0.296. The van der Waals surface area contributed by atoms with Crippen molar-refractivity contribution < 1.29 is 57.5 Å². The number of benzene rings is 1. The average Bonchev–Trinajstić information content (AvgIpc) is 2.52. The van der Waals surface area contributed by atoms with Crippen LogP contribution in [0.2, 0.25) is 0 Å². The summed E-state index contributed by atoms with van der Waals surface area (Å²) in [5, 5.41) is 9.90. The van der Waals surface area contributed by atoms with E-state index in [1.165, 1.54) is 6.92 Å². The van der Waals surface area contributed by atoms with Gasteiger partial charge in [0.05, 0.1) is 17.4 Å². The predicted octanol–water partition coefficient (Wildman–Crippen LogP) is -4.05. The second-order valence-electron chi connectivity index (χ2n) is 6.12. The maximum atomic E-state index is 12.5. The van der Waals surface area contributed by atoms with Crippen molar-refractivity contribution in [1.82, 2.24) is 4.90 Å². The number of aryl methyl sites for hydroxylation is 1. The molecule has 132 valence electrons. The van der Waals surface area contributed by atoms with Crippen molar-refractivity contribution >= 4 is 33.8 Å². The van der Waals surface area contributed by atoms with Crippen LogP contribution in [-0.4, -0.2) is 48.8 Å². The Kier molecular flexibility index (Phi) is 5.67. The van der Waals surface area contributed by atoms with Gasteiger partial charge in [0.15, 0.2) is 21.3 Å². The van der Waals surface area contributed by atoms with Gasteiger partial charge in [0.25, 0.3) is 5.91 Å². The molecule has 0 N–H and O–H groups in total. The summed E-state index contributed by atoms with van der Waals surface area (Å²) in [5.41, 5.74) is 0.890. The number of nitrogens with zero attached hydrogens (tertiary/aromatic N) is 2. The molecule has 2 atom stereocenters. The number of carbonyl (C=O) groups excluding carboxylic acids is 3. The van der Waals surface area contributed by atoms with E-state index in [4.69, 9.17) is 0 Å². The summed E-state index contributed by atoms with van der Waals surface area (Å²) in [5.74, 6) is -2.88. The number of fused-ring (bicyclic) bond motifs is 1. The fourth-order valence-electron chi connectivity index (χ4n) is 3.24. The fourth-order valence-corrected chi connectivity index (χ4v) is 5.32. The van der Waals surface area contributed by atoms with Crippen LogP contribution in [0.5, 0.6) is 0 Å². The summed E-state index contributed by atoms with van der Waals surface area (Å²) in [4.78, 5) is 37.1. The number of β-lactam (4-membered cyclic amide) rings is 1. The number of sulfone groups is 1. The Bertz CT molecular complexity index is 909. The number of hydrogen-bond acceptors (Lipinski definition) is 6. The van der Waals surface area contributed by atoms with E-state index in [-0.39, 0.29) is 35.1 Å². The van der Waals surface area contributed by atoms with Gasteiger partial charge in [-0.1, -0.05) is 17.7 Å². The Hall–Kier alpha value is -1.68. The molecule has 0 saturated carbocycles. The topological polar surface area (TPSA) is 115 Å². The van der Waals surface area contributed by atoms with Gasteiger partial charge >= 0.3 is 29.6 Å². The first-order chi connectivity index (χ1) is 11.7. The van der Waals surface area contributed by atoms with Crippen molar-refractivity contribution in [3.05, 3.63) is 41.1 Å². The smallest absolute Gasteiger partial charge is 0.543 e. The molecule has 1 aromatic carbocycles. The molecule has 1 aromatic rings. The van der Waals surface area contributed by atoms with Gasteiger partial charge in [-0.05, 0) is 31.6 Å². The van der Waals surface area contributed by atoms with Crippen molar-refractivity contribution in [3.63, 3.8) is 0 Å². The summed E-state index contributed by atoms with van der Waals surface area (Å²) in [6.45, 7) is 3.17. The molecule has 2 aliphatic rings. The normalized spacial score (nSPS) is 23.5. The number of rotatable bonds is 4. The molecule has 0 aliphatic carbocycles. The van der Waals surface area contributed by atoms with Gasteiger partial charge in [0.1, 0.15) is 0 Å². The van der Waals surface area contributed by atoms with Crippen LogP contribution in [0.15, 0.2) is 35.5 Å². The molecule has 8 nitrogen and oxygen atoms in total.